The number of amides is 2. The molecule has 1 fully saturated rings. The molecule has 0 radical (unpaired) electrons. The molecule has 5 heteroatoms. The summed E-state index contributed by atoms with van der Waals surface area (Å²) in [4.78, 5) is 23.9. The standard InChI is InChI=1S/C13H16N2O3/c1-2-9-3-5-11(6-4-9)14-13(18)15-7-10(8-15)12(16)17/h3-6,10H,2,7-8H2,1H3,(H,14,18)(H,16,17). The fraction of sp³-hybridized carbons (Fsp3) is 0.385. The normalized spacial score (nSPS) is 15.1. The number of urea groups is 1. The number of anilines is 1. The minimum atomic E-state index is -0.841. The van der Waals surface area contributed by atoms with Crippen LogP contribution in [-0.2, 0) is 11.2 Å². The summed E-state index contributed by atoms with van der Waals surface area (Å²) in [6.45, 7) is 2.64. The zero-order valence-corrected chi connectivity index (χ0v) is 10.2. The quantitative estimate of drug-likeness (QED) is 0.856. The van der Waals surface area contributed by atoms with Gasteiger partial charge in [-0.25, -0.2) is 4.79 Å². The molecule has 0 saturated carbocycles. The first-order valence-corrected chi connectivity index (χ1v) is 5.98. The molecule has 0 bridgehead atoms. The highest BCUT2D eigenvalue weighted by atomic mass is 16.4. The van der Waals surface area contributed by atoms with Gasteiger partial charge in [-0.15, -0.1) is 0 Å². The number of benzene rings is 1. The van der Waals surface area contributed by atoms with Crippen LogP contribution in [0, 0.1) is 5.92 Å². The molecular weight excluding hydrogens is 232 g/mol. The molecule has 5 nitrogen and oxygen atoms in total. The second-order valence-corrected chi connectivity index (χ2v) is 4.42. The highest BCUT2D eigenvalue weighted by molar-refractivity contribution is 5.91. The zero-order chi connectivity index (χ0) is 13.1. The maximum atomic E-state index is 11.7. The molecule has 0 aliphatic carbocycles. The van der Waals surface area contributed by atoms with E-state index in [1.165, 1.54) is 10.5 Å². The van der Waals surface area contributed by atoms with E-state index in [-0.39, 0.29) is 19.1 Å². The molecule has 18 heavy (non-hydrogen) atoms. The third-order valence-electron chi connectivity index (χ3n) is 3.13. The molecule has 2 amide bonds. The molecule has 2 rings (SSSR count). The van der Waals surface area contributed by atoms with Crippen molar-refractivity contribution < 1.29 is 14.7 Å². The first-order valence-electron chi connectivity index (χ1n) is 5.98. The van der Waals surface area contributed by atoms with E-state index in [0.717, 1.165) is 12.1 Å². The van der Waals surface area contributed by atoms with Gasteiger partial charge in [0.2, 0.25) is 0 Å². The fourth-order valence-corrected chi connectivity index (χ4v) is 1.83. The van der Waals surface area contributed by atoms with Crippen LogP contribution in [0.3, 0.4) is 0 Å². The van der Waals surface area contributed by atoms with E-state index >= 15 is 0 Å². The summed E-state index contributed by atoms with van der Waals surface area (Å²) in [5, 5.41) is 11.5. The van der Waals surface area contributed by atoms with Crippen molar-refractivity contribution in [1.82, 2.24) is 4.90 Å². The van der Waals surface area contributed by atoms with Crippen molar-refractivity contribution in [3.05, 3.63) is 29.8 Å². The average molecular weight is 248 g/mol. The zero-order valence-electron chi connectivity index (χ0n) is 10.2. The van der Waals surface area contributed by atoms with Gasteiger partial charge in [-0.2, -0.15) is 0 Å². The molecular formula is C13H16N2O3. The Morgan fingerprint density at radius 1 is 1.33 bits per heavy atom. The van der Waals surface area contributed by atoms with E-state index < -0.39 is 11.9 Å². The molecule has 0 unspecified atom stereocenters. The summed E-state index contributed by atoms with van der Waals surface area (Å²) in [6.07, 6.45) is 0.959. The average Bonchev–Trinajstić information content (AvgIpc) is 2.27. The van der Waals surface area contributed by atoms with Crippen LogP contribution in [0.15, 0.2) is 24.3 Å². The van der Waals surface area contributed by atoms with Crippen LogP contribution in [0.5, 0.6) is 0 Å². The minimum Gasteiger partial charge on any atom is -0.481 e. The van der Waals surface area contributed by atoms with Crippen molar-refractivity contribution in [2.45, 2.75) is 13.3 Å². The molecule has 0 aromatic heterocycles. The van der Waals surface area contributed by atoms with Gasteiger partial charge in [0, 0.05) is 18.8 Å². The number of carbonyl (C=O) groups excluding carboxylic acids is 1. The van der Waals surface area contributed by atoms with Crippen LogP contribution in [0.4, 0.5) is 10.5 Å². The molecule has 0 spiro atoms. The number of carboxylic acids is 1. The number of nitrogens with zero attached hydrogens (tertiary/aromatic N) is 1. The number of hydrogen-bond acceptors (Lipinski definition) is 2. The van der Waals surface area contributed by atoms with E-state index in [1.54, 1.807) is 0 Å². The van der Waals surface area contributed by atoms with Gasteiger partial charge in [-0.05, 0) is 24.1 Å². The summed E-state index contributed by atoms with van der Waals surface area (Å²) >= 11 is 0. The molecule has 0 atom stereocenters. The number of nitrogens with one attached hydrogen (secondary N) is 1. The van der Waals surface area contributed by atoms with Gasteiger partial charge in [0.1, 0.15) is 0 Å². The lowest BCUT2D eigenvalue weighted by molar-refractivity contribution is -0.145. The molecule has 1 saturated heterocycles. The third-order valence-corrected chi connectivity index (χ3v) is 3.13. The Bertz CT molecular complexity index is 450. The lowest BCUT2D eigenvalue weighted by Gasteiger charge is -2.36. The van der Waals surface area contributed by atoms with Crippen LogP contribution in [0.2, 0.25) is 0 Å². The molecule has 1 heterocycles. The molecule has 1 aromatic carbocycles. The number of rotatable bonds is 3. The number of aliphatic carboxylic acids is 1. The predicted octanol–water partition coefficient (Wildman–Crippen LogP) is 1.80. The Labute approximate surface area is 105 Å². The van der Waals surface area contributed by atoms with Gasteiger partial charge in [-0.3, -0.25) is 4.79 Å². The monoisotopic (exact) mass is 248 g/mol. The summed E-state index contributed by atoms with van der Waals surface area (Å²) < 4.78 is 0. The predicted molar refractivity (Wildman–Crippen MR) is 67.5 cm³/mol. The summed E-state index contributed by atoms with van der Waals surface area (Å²) in [5.41, 5.74) is 1.94. The summed E-state index contributed by atoms with van der Waals surface area (Å²) in [6, 6.07) is 7.39. The first-order chi connectivity index (χ1) is 8.60. The van der Waals surface area contributed by atoms with Crippen LogP contribution >= 0.6 is 0 Å². The van der Waals surface area contributed by atoms with Gasteiger partial charge in [-0.1, -0.05) is 19.1 Å². The van der Waals surface area contributed by atoms with Gasteiger partial charge in [0.25, 0.3) is 0 Å². The smallest absolute Gasteiger partial charge is 0.321 e. The highest BCUT2D eigenvalue weighted by Gasteiger charge is 2.35. The number of hydrogen-bond donors (Lipinski definition) is 2. The van der Waals surface area contributed by atoms with Crippen LogP contribution in [0.25, 0.3) is 0 Å². The van der Waals surface area contributed by atoms with Gasteiger partial charge in [0.15, 0.2) is 0 Å². The second-order valence-electron chi connectivity index (χ2n) is 4.42. The third kappa shape index (κ3) is 2.61. The first kappa shape index (κ1) is 12.4. The Hall–Kier alpha value is -2.04. The maximum absolute atomic E-state index is 11.7. The van der Waals surface area contributed by atoms with Gasteiger partial charge in [0.05, 0.1) is 5.92 Å². The van der Waals surface area contributed by atoms with Crippen molar-refractivity contribution in [2.75, 3.05) is 18.4 Å². The largest absolute Gasteiger partial charge is 0.481 e. The molecule has 1 aliphatic heterocycles. The lowest BCUT2D eigenvalue weighted by atomic mass is 10.0. The number of likely N-dealkylation sites (tertiary alicyclic amines) is 1. The molecule has 1 aliphatic rings. The van der Waals surface area contributed by atoms with Crippen molar-refractivity contribution in [3.63, 3.8) is 0 Å². The van der Waals surface area contributed by atoms with Crippen LogP contribution in [0.1, 0.15) is 12.5 Å². The van der Waals surface area contributed by atoms with Crippen LogP contribution < -0.4 is 5.32 Å². The van der Waals surface area contributed by atoms with Gasteiger partial charge >= 0.3 is 12.0 Å². The maximum Gasteiger partial charge on any atom is 0.321 e. The molecule has 2 N–H and O–H groups in total. The minimum absolute atomic E-state index is 0.239. The fourth-order valence-electron chi connectivity index (χ4n) is 1.83. The summed E-state index contributed by atoms with van der Waals surface area (Å²) in [5.74, 6) is -1.26. The van der Waals surface area contributed by atoms with E-state index in [9.17, 15) is 9.59 Å². The van der Waals surface area contributed by atoms with E-state index in [2.05, 4.69) is 12.2 Å². The van der Waals surface area contributed by atoms with Crippen molar-refractivity contribution in [1.29, 1.82) is 0 Å². The summed E-state index contributed by atoms with van der Waals surface area (Å²) in [7, 11) is 0. The van der Waals surface area contributed by atoms with E-state index in [0.29, 0.717) is 0 Å². The highest BCUT2D eigenvalue weighted by Crippen LogP contribution is 2.18. The van der Waals surface area contributed by atoms with Crippen LogP contribution in [-0.4, -0.2) is 35.1 Å². The number of carboxylic acid groups (broad SMARTS) is 1. The topological polar surface area (TPSA) is 69.6 Å². The Balaban J connectivity index is 1.86. The molecule has 96 valence electrons. The van der Waals surface area contributed by atoms with Crippen molar-refractivity contribution in [3.8, 4) is 0 Å². The lowest BCUT2D eigenvalue weighted by Crippen LogP contribution is -2.54. The van der Waals surface area contributed by atoms with E-state index in [1.807, 2.05) is 24.3 Å². The Morgan fingerprint density at radius 3 is 2.44 bits per heavy atom. The Kier molecular flexibility index (Phi) is 3.50. The Morgan fingerprint density at radius 2 is 1.94 bits per heavy atom. The van der Waals surface area contributed by atoms with Gasteiger partial charge < -0.3 is 15.3 Å². The second kappa shape index (κ2) is 5.08. The number of carbonyl (C=O) groups is 2. The number of aryl methyl sites for hydroxylation is 1. The SMILES string of the molecule is CCc1ccc(NC(=O)N2CC(C(=O)O)C2)cc1. The molecule has 1 aromatic rings. The van der Waals surface area contributed by atoms with E-state index in [4.69, 9.17) is 5.11 Å². The van der Waals surface area contributed by atoms with Crippen molar-refractivity contribution in [2.24, 2.45) is 5.92 Å². The van der Waals surface area contributed by atoms with Crippen molar-refractivity contribution >= 4 is 17.7 Å².